The van der Waals surface area contributed by atoms with E-state index in [1.165, 1.54) is 37.0 Å². The van der Waals surface area contributed by atoms with Gasteiger partial charge >= 0.3 is 0 Å². The molecule has 0 fully saturated rings. The molecule has 1 atom stereocenters. The van der Waals surface area contributed by atoms with Crippen LogP contribution in [-0.4, -0.2) is 6.04 Å². The predicted molar refractivity (Wildman–Crippen MR) is 74.4 cm³/mol. The van der Waals surface area contributed by atoms with Crippen LogP contribution in [0.4, 0.5) is 0 Å². The summed E-state index contributed by atoms with van der Waals surface area (Å²) in [6.45, 7) is 5.47. The number of nitrogens with one attached hydrogen (secondary N) is 1. The van der Waals surface area contributed by atoms with Crippen molar-refractivity contribution in [3.05, 3.63) is 21.3 Å². The number of hydrogen-bond acceptors (Lipinski definition) is 2. The van der Waals surface area contributed by atoms with Gasteiger partial charge in [-0.1, -0.05) is 44.2 Å². The van der Waals surface area contributed by atoms with Gasteiger partial charge in [-0.2, -0.15) is 0 Å². The van der Waals surface area contributed by atoms with Crippen LogP contribution < -0.4 is 5.32 Å². The fraction of sp³-hybridized carbons (Fsp3) is 0.692. The second kappa shape index (κ2) is 8.10. The molecule has 0 aliphatic carbocycles. The summed E-state index contributed by atoms with van der Waals surface area (Å²) in [6.07, 6.45) is 6.67. The highest BCUT2D eigenvalue weighted by atomic mass is 35.5. The molecule has 92 valence electrons. The average Bonchev–Trinajstić information content (AvgIpc) is 2.68. The number of halogens is 1. The molecule has 1 rings (SSSR count). The van der Waals surface area contributed by atoms with E-state index in [-0.39, 0.29) is 0 Å². The Balaban J connectivity index is 2.08. The van der Waals surface area contributed by atoms with Crippen molar-refractivity contribution in [2.45, 2.75) is 58.5 Å². The van der Waals surface area contributed by atoms with Gasteiger partial charge in [0, 0.05) is 17.5 Å². The largest absolute Gasteiger partial charge is 0.309 e. The number of unbranched alkanes of at least 4 members (excludes halogenated alkanes) is 3. The van der Waals surface area contributed by atoms with Crippen LogP contribution in [0, 0.1) is 0 Å². The molecule has 1 nitrogen and oxygen atoms in total. The Morgan fingerprint density at radius 3 is 2.75 bits per heavy atom. The Kier molecular flexibility index (Phi) is 7.10. The van der Waals surface area contributed by atoms with Gasteiger partial charge in [0.15, 0.2) is 0 Å². The van der Waals surface area contributed by atoms with E-state index in [9.17, 15) is 0 Å². The van der Waals surface area contributed by atoms with Crippen LogP contribution in [0.1, 0.15) is 50.8 Å². The zero-order chi connectivity index (χ0) is 11.8. The first-order chi connectivity index (χ1) is 7.72. The van der Waals surface area contributed by atoms with Crippen LogP contribution in [0.3, 0.4) is 0 Å². The van der Waals surface area contributed by atoms with Gasteiger partial charge in [0.05, 0.1) is 4.34 Å². The molecule has 0 amide bonds. The summed E-state index contributed by atoms with van der Waals surface area (Å²) < 4.78 is 0.882. The lowest BCUT2D eigenvalue weighted by molar-refractivity contribution is 0.484. The van der Waals surface area contributed by atoms with Gasteiger partial charge in [-0.15, -0.1) is 11.3 Å². The lowest BCUT2D eigenvalue weighted by Gasteiger charge is -2.12. The first kappa shape index (κ1) is 14.0. The van der Waals surface area contributed by atoms with E-state index >= 15 is 0 Å². The van der Waals surface area contributed by atoms with E-state index in [1.54, 1.807) is 11.3 Å². The molecule has 1 heterocycles. The Morgan fingerprint density at radius 2 is 2.12 bits per heavy atom. The third-order valence-electron chi connectivity index (χ3n) is 2.74. The average molecular weight is 260 g/mol. The molecule has 0 radical (unpaired) electrons. The first-order valence-corrected chi connectivity index (χ1v) is 7.39. The van der Waals surface area contributed by atoms with Crippen LogP contribution in [0.2, 0.25) is 4.34 Å². The Bertz CT molecular complexity index is 285. The molecule has 16 heavy (non-hydrogen) atoms. The van der Waals surface area contributed by atoms with Gasteiger partial charge < -0.3 is 5.32 Å². The molecule has 0 saturated heterocycles. The van der Waals surface area contributed by atoms with Gasteiger partial charge in [-0.25, -0.2) is 0 Å². The summed E-state index contributed by atoms with van der Waals surface area (Å²) in [5, 5.41) is 3.54. The quantitative estimate of drug-likeness (QED) is 0.658. The van der Waals surface area contributed by atoms with Crippen molar-refractivity contribution in [2.24, 2.45) is 0 Å². The molecule has 1 aromatic rings. The lowest BCUT2D eigenvalue weighted by Crippen LogP contribution is -2.24. The maximum absolute atomic E-state index is 5.88. The Hall–Kier alpha value is -0.0500. The van der Waals surface area contributed by atoms with E-state index in [0.29, 0.717) is 6.04 Å². The summed E-state index contributed by atoms with van der Waals surface area (Å²) in [5.74, 6) is 0. The van der Waals surface area contributed by atoms with Crippen molar-refractivity contribution in [2.75, 3.05) is 0 Å². The van der Waals surface area contributed by atoms with Crippen LogP contribution in [-0.2, 0) is 6.54 Å². The predicted octanol–water partition coefficient (Wildman–Crippen LogP) is 4.85. The van der Waals surface area contributed by atoms with Crippen molar-refractivity contribution >= 4 is 22.9 Å². The first-order valence-electron chi connectivity index (χ1n) is 6.20. The van der Waals surface area contributed by atoms with E-state index in [0.717, 1.165) is 10.9 Å². The molecule has 3 heteroatoms. The molecular formula is C13H22ClNS. The van der Waals surface area contributed by atoms with Crippen molar-refractivity contribution < 1.29 is 0 Å². The molecular weight excluding hydrogens is 238 g/mol. The third kappa shape index (κ3) is 5.88. The minimum Gasteiger partial charge on any atom is -0.309 e. The normalized spacial score (nSPS) is 12.9. The smallest absolute Gasteiger partial charge is 0.0931 e. The highest BCUT2D eigenvalue weighted by Gasteiger charge is 2.02. The van der Waals surface area contributed by atoms with Gasteiger partial charge in [0.2, 0.25) is 0 Å². The zero-order valence-electron chi connectivity index (χ0n) is 10.3. The Morgan fingerprint density at radius 1 is 1.31 bits per heavy atom. The molecule has 0 aliphatic rings. The second-order valence-electron chi connectivity index (χ2n) is 4.34. The van der Waals surface area contributed by atoms with Crippen LogP contribution in [0.15, 0.2) is 12.1 Å². The van der Waals surface area contributed by atoms with E-state index in [1.807, 2.05) is 6.07 Å². The van der Waals surface area contributed by atoms with Crippen molar-refractivity contribution in [3.63, 3.8) is 0 Å². The summed E-state index contributed by atoms with van der Waals surface area (Å²) >= 11 is 7.55. The van der Waals surface area contributed by atoms with Crippen molar-refractivity contribution in [1.82, 2.24) is 5.32 Å². The highest BCUT2D eigenvalue weighted by molar-refractivity contribution is 7.16. The minimum absolute atomic E-state index is 0.609. The molecule has 1 unspecified atom stereocenters. The Labute approximate surface area is 108 Å². The molecule has 0 spiro atoms. The number of thiophene rings is 1. The third-order valence-corrected chi connectivity index (χ3v) is 3.98. The van der Waals surface area contributed by atoms with Gasteiger partial charge in [-0.3, -0.25) is 0 Å². The molecule has 1 aromatic heterocycles. The summed E-state index contributed by atoms with van der Waals surface area (Å²) in [7, 11) is 0. The fourth-order valence-electron chi connectivity index (χ4n) is 1.70. The van der Waals surface area contributed by atoms with Crippen LogP contribution in [0.5, 0.6) is 0 Å². The van der Waals surface area contributed by atoms with Crippen LogP contribution in [0.25, 0.3) is 0 Å². The van der Waals surface area contributed by atoms with Crippen LogP contribution >= 0.6 is 22.9 Å². The topological polar surface area (TPSA) is 12.0 Å². The number of hydrogen-bond donors (Lipinski definition) is 1. The van der Waals surface area contributed by atoms with Crippen molar-refractivity contribution in [3.8, 4) is 0 Å². The monoisotopic (exact) mass is 259 g/mol. The highest BCUT2D eigenvalue weighted by Crippen LogP contribution is 2.21. The maximum atomic E-state index is 5.88. The second-order valence-corrected chi connectivity index (χ2v) is 6.14. The standard InChI is InChI=1S/C13H22ClNS/c1-3-4-5-6-7-11(2)15-10-12-8-9-13(14)16-12/h8-9,11,15H,3-7,10H2,1-2H3. The summed E-state index contributed by atoms with van der Waals surface area (Å²) in [6, 6.07) is 4.68. The molecule has 0 saturated carbocycles. The van der Waals surface area contributed by atoms with E-state index < -0.39 is 0 Å². The van der Waals surface area contributed by atoms with Gasteiger partial charge in [0.25, 0.3) is 0 Å². The molecule has 0 aromatic carbocycles. The summed E-state index contributed by atoms with van der Waals surface area (Å²) in [4.78, 5) is 1.32. The van der Waals surface area contributed by atoms with E-state index in [2.05, 4.69) is 25.2 Å². The minimum atomic E-state index is 0.609. The zero-order valence-corrected chi connectivity index (χ0v) is 11.8. The van der Waals surface area contributed by atoms with Gasteiger partial charge in [-0.05, 0) is 25.5 Å². The number of rotatable bonds is 8. The molecule has 1 N–H and O–H groups in total. The maximum Gasteiger partial charge on any atom is 0.0931 e. The fourth-order valence-corrected chi connectivity index (χ4v) is 2.74. The van der Waals surface area contributed by atoms with Crippen molar-refractivity contribution in [1.29, 1.82) is 0 Å². The molecule has 0 aliphatic heterocycles. The molecule has 0 bridgehead atoms. The SMILES string of the molecule is CCCCCCC(C)NCc1ccc(Cl)s1. The lowest BCUT2D eigenvalue weighted by atomic mass is 10.1. The summed E-state index contributed by atoms with van der Waals surface area (Å²) in [5.41, 5.74) is 0. The van der Waals surface area contributed by atoms with Gasteiger partial charge in [0.1, 0.15) is 0 Å². The van der Waals surface area contributed by atoms with E-state index in [4.69, 9.17) is 11.6 Å².